The molecular weight excluding hydrogens is 256 g/mol. The van der Waals surface area contributed by atoms with E-state index in [9.17, 15) is 0 Å². The zero-order valence-electron chi connectivity index (χ0n) is 12.6. The summed E-state index contributed by atoms with van der Waals surface area (Å²) in [4.78, 5) is 0. The lowest BCUT2D eigenvalue weighted by molar-refractivity contribution is 0.104. The molecule has 1 rings (SSSR count). The largest absolute Gasteiger partial charge is 0.507 e. The van der Waals surface area contributed by atoms with Crippen LogP contribution in [0.4, 0.5) is 0 Å². The van der Waals surface area contributed by atoms with E-state index < -0.39 is 8.80 Å². The summed E-state index contributed by atoms with van der Waals surface area (Å²) < 4.78 is 16.9. The molecule has 0 amide bonds. The molecule has 0 heterocycles. The van der Waals surface area contributed by atoms with Gasteiger partial charge in [-0.05, 0) is 24.7 Å². The van der Waals surface area contributed by atoms with Gasteiger partial charge in [0.25, 0.3) is 0 Å². The van der Waals surface area contributed by atoms with E-state index in [-0.39, 0.29) is 5.54 Å². The fourth-order valence-electron chi connectivity index (χ4n) is 3.35. The molecule has 0 aromatic heterocycles. The zero-order chi connectivity index (χ0) is 14.3. The average molecular weight is 284 g/mol. The fraction of sp³-hybridized carbons (Fsp3) is 0.733. The van der Waals surface area contributed by atoms with Gasteiger partial charge in [0.15, 0.2) is 0 Å². The van der Waals surface area contributed by atoms with E-state index in [1.807, 2.05) is 12.2 Å². The summed E-state index contributed by atoms with van der Waals surface area (Å²) >= 11 is 0. The summed E-state index contributed by atoms with van der Waals surface area (Å²) in [6.45, 7) is 8.01. The van der Waals surface area contributed by atoms with Crippen LogP contribution in [0.5, 0.6) is 0 Å². The Morgan fingerprint density at radius 1 is 0.947 bits per heavy atom. The summed E-state index contributed by atoms with van der Waals surface area (Å²) in [5.41, 5.74) is 0.0769. The van der Waals surface area contributed by atoms with Crippen molar-refractivity contribution < 1.29 is 13.3 Å². The smallest absolute Gasteiger partial charge is 0.376 e. The molecule has 0 aromatic rings. The highest BCUT2D eigenvalue weighted by Gasteiger charge is 2.50. The third kappa shape index (κ3) is 3.57. The predicted octanol–water partition coefficient (Wildman–Crippen LogP) is 3.80. The molecule has 0 bridgehead atoms. The molecule has 110 valence electrons. The number of rotatable bonds is 8. The Hall–Kier alpha value is -0.423. The van der Waals surface area contributed by atoms with Crippen LogP contribution in [0.1, 0.15) is 32.1 Å². The van der Waals surface area contributed by atoms with E-state index >= 15 is 0 Å². The molecule has 0 radical (unpaired) electrons. The first-order chi connectivity index (χ1) is 9.18. The first-order valence-electron chi connectivity index (χ1n) is 7.09. The van der Waals surface area contributed by atoms with Crippen LogP contribution in [-0.2, 0) is 13.3 Å². The zero-order valence-corrected chi connectivity index (χ0v) is 13.6. The molecular formula is C15H28O3Si. The Morgan fingerprint density at radius 3 is 1.84 bits per heavy atom. The highest BCUT2D eigenvalue weighted by molar-refractivity contribution is 6.63. The van der Waals surface area contributed by atoms with Crippen LogP contribution >= 0.6 is 0 Å². The minimum Gasteiger partial charge on any atom is -0.376 e. The molecule has 2 atom stereocenters. The summed E-state index contributed by atoms with van der Waals surface area (Å²) in [7, 11) is 2.29. The Kier molecular flexibility index (Phi) is 7.00. The topological polar surface area (TPSA) is 27.7 Å². The van der Waals surface area contributed by atoms with Crippen LogP contribution in [0.25, 0.3) is 0 Å². The van der Waals surface area contributed by atoms with E-state index in [2.05, 4.69) is 13.2 Å². The van der Waals surface area contributed by atoms with Crippen molar-refractivity contribution in [3.05, 3.63) is 25.3 Å². The van der Waals surface area contributed by atoms with Crippen molar-refractivity contribution in [1.82, 2.24) is 0 Å². The van der Waals surface area contributed by atoms with Gasteiger partial charge in [-0.1, -0.05) is 31.4 Å². The maximum absolute atomic E-state index is 5.64. The molecule has 0 saturated heterocycles. The summed E-state index contributed by atoms with van der Waals surface area (Å²) in [6.07, 6.45) is 10.4. The predicted molar refractivity (Wildman–Crippen MR) is 81.0 cm³/mol. The van der Waals surface area contributed by atoms with Crippen molar-refractivity contribution in [1.29, 1.82) is 0 Å². The van der Waals surface area contributed by atoms with Crippen LogP contribution in [0.15, 0.2) is 25.3 Å². The average Bonchev–Trinajstić information content (AvgIpc) is 2.49. The summed E-state index contributed by atoms with van der Waals surface area (Å²) in [5, 5.41) is 0. The molecule has 0 spiro atoms. The number of allylic oxidation sites excluding steroid dienone is 2. The molecule has 1 aliphatic carbocycles. The number of hydrogen-bond donors (Lipinski definition) is 0. The van der Waals surface area contributed by atoms with E-state index in [1.165, 1.54) is 32.1 Å². The van der Waals surface area contributed by atoms with E-state index in [4.69, 9.17) is 13.3 Å². The van der Waals surface area contributed by atoms with Crippen molar-refractivity contribution in [2.45, 2.75) is 37.6 Å². The van der Waals surface area contributed by atoms with Crippen molar-refractivity contribution in [2.24, 2.45) is 11.8 Å². The van der Waals surface area contributed by atoms with Crippen molar-refractivity contribution in [3.8, 4) is 0 Å². The van der Waals surface area contributed by atoms with E-state index in [1.54, 1.807) is 21.3 Å². The monoisotopic (exact) mass is 284 g/mol. The van der Waals surface area contributed by atoms with Crippen LogP contribution in [0.2, 0.25) is 5.54 Å². The number of hydrogen-bond acceptors (Lipinski definition) is 3. The van der Waals surface area contributed by atoms with Gasteiger partial charge in [-0.25, -0.2) is 0 Å². The van der Waals surface area contributed by atoms with Crippen molar-refractivity contribution in [3.63, 3.8) is 0 Å². The van der Waals surface area contributed by atoms with Gasteiger partial charge < -0.3 is 13.3 Å². The minimum absolute atomic E-state index is 0.0769. The lowest BCUT2D eigenvalue weighted by Gasteiger charge is -2.39. The molecule has 2 unspecified atom stereocenters. The summed E-state index contributed by atoms with van der Waals surface area (Å²) in [6, 6.07) is 0. The van der Waals surface area contributed by atoms with Gasteiger partial charge in [-0.2, -0.15) is 0 Å². The van der Waals surface area contributed by atoms with Gasteiger partial charge in [0.2, 0.25) is 0 Å². The van der Waals surface area contributed by atoms with Crippen LogP contribution in [0, 0.1) is 11.8 Å². The maximum atomic E-state index is 5.64. The Morgan fingerprint density at radius 2 is 1.47 bits per heavy atom. The van der Waals surface area contributed by atoms with E-state index in [0.717, 1.165) is 0 Å². The van der Waals surface area contributed by atoms with Crippen LogP contribution in [-0.4, -0.2) is 30.1 Å². The van der Waals surface area contributed by atoms with Gasteiger partial charge >= 0.3 is 8.80 Å². The third-order valence-corrected chi connectivity index (χ3v) is 7.54. The first kappa shape index (κ1) is 16.6. The fourth-order valence-corrected chi connectivity index (χ4v) is 5.83. The van der Waals surface area contributed by atoms with Crippen LogP contribution in [0.3, 0.4) is 0 Å². The molecule has 0 aromatic carbocycles. The van der Waals surface area contributed by atoms with E-state index in [0.29, 0.717) is 11.8 Å². The van der Waals surface area contributed by atoms with Crippen molar-refractivity contribution in [2.75, 3.05) is 21.3 Å². The van der Waals surface area contributed by atoms with Gasteiger partial charge in [-0.15, -0.1) is 13.2 Å². The van der Waals surface area contributed by atoms with Gasteiger partial charge in [-0.3, -0.25) is 0 Å². The molecule has 1 saturated carbocycles. The Labute approximate surface area is 119 Å². The second kappa shape index (κ2) is 8.00. The first-order valence-corrected chi connectivity index (χ1v) is 8.89. The highest BCUT2D eigenvalue weighted by Crippen LogP contribution is 2.42. The Bertz CT molecular complexity index is 275. The van der Waals surface area contributed by atoms with Gasteiger partial charge in [0, 0.05) is 21.3 Å². The maximum Gasteiger partial charge on any atom is 0.507 e. The second-order valence-electron chi connectivity index (χ2n) is 5.19. The van der Waals surface area contributed by atoms with Gasteiger partial charge in [0.1, 0.15) is 0 Å². The molecule has 0 aliphatic heterocycles. The lowest BCUT2D eigenvalue weighted by Crippen LogP contribution is -2.50. The normalized spacial score (nSPS) is 20.8. The summed E-state index contributed by atoms with van der Waals surface area (Å²) in [5.74, 6) is 0.964. The third-order valence-electron chi connectivity index (χ3n) is 4.40. The molecule has 3 nitrogen and oxygen atoms in total. The Balaban J connectivity index is 2.96. The van der Waals surface area contributed by atoms with Crippen molar-refractivity contribution >= 4 is 8.80 Å². The lowest BCUT2D eigenvalue weighted by atomic mass is 9.78. The van der Waals surface area contributed by atoms with Crippen LogP contribution < -0.4 is 0 Å². The minimum atomic E-state index is -2.70. The standard InChI is InChI=1S/C15H28O3Si/c1-6-14(13-11-9-8-10-12-13)15(7-2)19(16-3,17-4)18-5/h6-7,13-15H,1-2,8-12H2,3-5H3. The highest BCUT2D eigenvalue weighted by atomic mass is 28.4. The SMILES string of the molecule is C=CC(C1CCCCC1)C(C=C)[Si](OC)(OC)OC. The molecule has 1 fully saturated rings. The quantitative estimate of drug-likeness (QED) is 0.501. The molecule has 4 heteroatoms. The molecule has 1 aliphatic rings. The van der Waals surface area contributed by atoms with Gasteiger partial charge in [0.05, 0.1) is 5.54 Å². The molecule has 19 heavy (non-hydrogen) atoms. The molecule has 0 N–H and O–H groups in total. The second-order valence-corrected chi connectivity index (χ2v) is 8.29.